The van der Waals surface area contributed by atoms with Crippen LogP contribution in [0.4, 0.5) is 0 Å². The number of rotatable bonds is 4. The minimum Gasteiger partial charge on any atom is -0.323 e. The summed E-state index contributed by atoms with van der Waals surface area (Å²) >= 11 is 7.62. The normalized spacial score (nSPS) is 12.9. The third-order valence-corrected chi connectivity index (χ3v) is 4.34. The van der Waals surface area contributed by atoms with E-state index in [1.807, 2.05) is 25.5 Å². The van der Waals surface area contributed by atoms with Gasteiger partial charge in [-0.1, -0.05) is 16.1 Å². The molecule has 98 valence electrons. The number of hydrogen-bond acceptors (Lipinski definition) is 5. The highest BCUT2D eigenvalue weighted by Crippen LogP contribution is 2.27. The molecule has 18 heavy (non-hydrogen) atoms. The lowest BCUT2D eigenvalue weighted by Crippen LogP contribution is -2.16. The van der Waals surface area contributed by atoms with Crippen molar-refractivity contribution < 1.29 is 0 Å². The van der Waals surface area contributed by atoms with Crippen molar-refractivity contribution in [1.29, 1.82) is 0 Å². The van der Waals surface area contributed by atoms with E-state index in [1.54, 1.807) is 0 Å². The highest BCUT2D eigenvalue weighted by Gasteiger charge is 2.19. The van der Waals surface area contributed by atoms with Crippen LogP contribution < -0.4 is 5.73 Å². The van der Waals surface area contributed by atoms with Gasteiger partial charge in [-0.2, -0.15) is 5.10 Å². The minimum atomic E-state index is -0.135. The van der Waals surface area contributed by atoms with E-state index < -0.39 is 0 Å². The predicted molar refractivity (Wildman–Crippen MR) is 72.9 cm³/mol. The third-order valence-electron chi connectivity index (χ3n) is 2.89. The molecule has 0 aliphatic carbocycles. The molecule has 2 aromatic heterocycles. The van der Waals surface area contributed by atoms with E-state index in [1.165, 1.54) is 11.5 Å². The van der Waals surface area contributed by atoms with Crippen LogP contribution in [0.25, 0.3) is 0 Å². The zero-order chi connectivity index (χ0) is 13.3. The lowest BCUT2D eigenvalue weighted by molar-refractivity contribution is 0.589. The fourth-order valence-electron chi connectivity index (χ4n) is 1.94. The molecule has 0 fully saturated rings. The molecule has 0 aromatic carbocycles. The van der Waals surface area contributed by atoms with E-state index >= 15 is 0 Å². The van der Waals surface area contributed by atoms with Crippen molar-refractivity contribution in [2.24, 2.45) is 5.73 Å². The van der Waals surface area contributed by atoms with Gasteiger partial charge in [0, 0.05) is 19.0 Å². The van der Waals surface area contributed by atoms with Gasteiger partial charge in [0.2, 0.25) is 0 Å². The van der Waals surface area contributed by atoms with Crippen LogP contribution in [0.15, 0.2) is 0 Å². The van der Waals surface area contributed by atoms with E-state index in [0.29, 0.717) is 11.4 Å². The summed E-state index contributed by atoms with van der Waals surface area (Å²) in [5.41, 5.74) is 8.93. The molecule has 2 aromatic rings. The van der Waals surface area contributed by atoms with Crippen molar-refractivity contribution in [1.82, 2.24) is 19.4 Å². The number of aryl methyl sites for hydroxylation is 3. The van der Waals surface area contributed by atoms with Gasteiger partial charge in [-0.3, -0.25) is 4.68 Å². The lowest BCUT2D eigenvalue weighted by Gasteiger charge is -2.11. The highest BCUT2D eigenvalue weighted by molar-refractivity contribution is 7.05. The van der Waals surface area contributed by atoms with Crippen LogP contribution in [0.2, 0.25) is 5.02 Å². The second-order valence-corrected chi connectivity index (χ2v) is 5.36. The highest BCUT2D eigenvalue weighted by atomic mass is 35.5. The molecule has 0 spiro atoms. The molecule has 2 N–H and O–H groups in total. The predicted octanol–water partition coefficient (Wildman–Crippen LogP) is 2.27. The maximum atomic E-state index is 6.27. The summed E-state index contributed by atoms with van der Waals surface area (Å²) in [4.78, 5) is 1.01. The molecule has 5 nitrogen and oxygen atoms in total. The van der Waals surface area contributed by atoms with Gasteiger partial charge in [0.05, 0.1) is 27.0 Å². The van der Waals surface area contributed by atoms with Crippen molar-refractivity contribution in [3.63, 3.8) is 0 Å². The molecule has 7 heteroatoms. The molecule has 0 radical (unpaired) electrons. The minimum absolute atomic E-state index is 0.135. The molecule has 1 unspecified atom stereocenters. The Hall–Kier alpha value is -0.980. The van der Waals surface area contributed by atoms with Crippen LogP contribution in [0.3, 0.4) is 0 Å². The number of aromatic nitrogens is 4. The molecular formula is C11H16ClN5S. The summed E-state index contributed by atoms with van der Waals surface area (Å²) in [5.74, 6) is 0. The van der Waals surface area contributed by atoms with E-state index in [9.17, 15) is 0 Å². The van der Waals surface area contributed by atoms with E-state index in [0.717, 1.165) is 28.5 Å². The summed E-state index contributed by atoms with van der Waals surface area (Å²) in [6, 6.07) is -0.135. The SMILES string of the molecule is CCn1nc(C)c(Cl)c1CC(N)c1snnc1C. The summed E-state index contributed by atoms with van der Waals surface area (Å²) in [6.07, 6.45) is 0.651. The molecule has 0 saturated heterocycles. The molecular weight excluding hydrogens is 270 g/mol. The molecule has 0 amide bonds. The Bertz CT molecular complexity index is 548. The first-order chi connectivity index (χ1) is 8.54. The Labute approximate surface area is 115 Å². The number of nitrogens with zero attached hydrogens (tertiary/aromatic N) is 4. The first kappa shape index (κ1) is 13.5. The standard InChI is InChI=1S/C11H16ClN5S/c1-4-17-9(10(12)6(2)15-17)5-8(13)11-7(3)14-16-18-11/h8H,4-5,13H2,1-3H3. The van der Waals surface area contributed by atoms with Crippen molar-refractivity contribution in [3.05, 3.63) is 27.0 Å². The van der Waals surface area contributed by atoms with Gasteiger partial charge in [-0.05, 0) is 32.3 Å². The van der Waals surface area contributed by atoms with E-state index in [-0.39, 0.29) is 6.04 Å². The van der Waals surface area contributed by atoms with Gasteiger partial charge in [-0.15, -0.1) is 5.10 Å². The average Bonchev–Trinajstić information content (AvgIpc) is 2.87. The first-order valence-corrected chi connectivity index (χ1v) is 6.96. The van der Waals surface area contributed by atoms with E-state index in [2.05, 4.69) is 14.7 Å². The van der Waals surface area contributed by atoms with Crippen LogP contribution in [0, 0.1) is 13.8 Å². The number of halogens is 1. The van der Waals surface area contributed by atoms with Gasteiger partial charge in [0.25, 0.3) is 0 Å². The maximum Gasteiger partial charge on any atom is 0.0847 e. The summed E-state index contributed by atoms with van der Waals surface area (Å²) < 4.78 is 5.81. The smallest absolute Gasteiger partial charge is 0.0847 e. The van der Waals surface area contributed by atoms with Gasteiger partial charge in [0.15, 0.2) is 0 Å². The quantitative estimate of drug-likeness (QED) is 0.935. The Balaban J connectivity index is 2.27. The van der Waals surface area contributed by atoms with Gasteiger partial charge in [-0.25, -0.2) is 0 Å². The van der Waals surface area contributed by atoms with Crippen LogP contribution in [-0.4, -0.2) is 19.4 Å². The first-order valence-electron chi connectivity index (χ1n) is 5.80. The molecule has 0 aliphatic heterocycles. The average molecular weight is 286 g/mol. The van der Waals surface area contributed by atoms with Crippen LogP contribution in [0.5, 0.6) is 0 Å². The van der Waals surface area contributed by atoms with Crippen LogP contribution >= 0.6 is 23.1 Å². The fraction of sp³-hybridized carbons (Fsp3) is 0.545. The fourth-order valence-corrected chi connectivity index (χ4v) is 2.80. The summed E-state index contributed by atoms with van der Waals surface area (Å²) in [5, 5.41) is 9.08. The largest absolute Gasteiger partial charge is 0.323 e. The molecule has 0 bridgehead atoms. The molecule has 2 rings (SSSR count). The second kappa shape index (κ2) is 5.34. The Morgan fingerprint density at radius 3 is 2.67 bits per heavy atom. The third kappa shape index (κ3) is 2.41. The Kier molecular flexibility index (Phi) is 3.99. The zero-order valence-corrected chi connectivity index (χ0v) is 12.2. The summed E-state index contributed by atoms with van der Waals surface area (Å²) in [7, 11) is 0. The van der Waals surface area contributed by atoms with Crippen LogP contribution in [0.1, 0.15) is 34.9 Å². The molecule has 1 atom stereocenters. The van der Waals surface area contributed by atoms with Crippen molar-refractivity contribution in [2.75, 3.05) is 0 Å². The second-order valence-electron chi connectivity index (χ2n) is 4.20. The van der Waals surface area contributed by atoms with Crippen molar-refractivity contribution in [2.45, 2.75) is 39.8 Å². The molecule has 0 saturated carbocycles. The maximum absolute atomic E-state index is 6.27. The lowest BCUT2D eigenvalue weighted by atomic mass is 10.1. The van der Waals surface area contributed by atoms with Gasteiger partial charge < -0.3 is 5.73 Å². The molecule has 0 aliphatic rings. The Morgan fingerprint density at radius 2 is 2.11 bits per heavy atom. The Morgan fingerprint density at radius 1 is 1.39 bits per heavy atom. The zero-order valence-electron chi connectivity index (χ0n) is 10.6. The number of hydrogen-bond donors (Lipinski definition) is 1. The topological polar surface area (TPSA) is 69.6 Å². The summed E-state index contributed by atoms with van der Waals surface area (Å²) in [6.45, 7) is 6.65. The van der Waals surface area contributed by atoms with Gasteiger partial charge in [0.1, 0.15) is 0 Å². The van der Waals surface area contributed by atoms with Crippen LogP contribution in [-0.2, 0) is 13.0 Å². The molecule has 2 heterocycles. The van der Waals surface area contributed by atoms with Gasteiger partial charge >= 0.3 is 0 Å². The van der Waals surface area contributed by atoms with E-state index in [4.69, 9.17) is 17.3 Å². The monoisotopic (exact) mass is 285 g/mol. The van der Waals surface area contributed by atoms with Crippen molar-refractivity contribution >= 4 is 23.1 Å². The number of nitrogens with two attached hydrogens (primary N) is 1. The van der Waals surface area contributed by atoms with Crippen molar-refractivity contribution in [3.8, 4) is 0 Å².